The Morgan fingerprint density at radius 3 is 2.75 bits per heavy atom. The molecule has 5 nitrogen and oxygen atoms in total. The number of aromatic nitrogens is 1. The summed E-state index contributed by atoms with van der Waals surface area (Å²) in [6, 6.07) is 4.57. The van der Waals surface area contributed by atoms with E-state index >= 15 is 0 Å². The Balaban J connectivity index is 1.89. The minimum absolute atomic E-state index is 0.0514. The molecule has 1 aliphatic rings. The summed E-state index contributed by atoms with van der Waals surface area (Å²) < 4.78 is 19.3. The monoisotopic (exact) mass is 351 g/mol. The molecule has 3 rings (SSSR count). The molecule has 0 spiro atoms. The van der Waals surface area contributed by atoms with Gasteiger partial charge >= 0.3 is 0 Å². The van der Waals surface area contributed by atoms with Crippen LogP contribution in [-0.2, 0) is 0 Å². The third-order valence-corrected chi connectivity index (χ3v) is 4.71. The lowest BCUT2D eigenvalue weighted by molar-refractivity contribution is 0.0925. The van der Waals surface area contributed by atoms with Gasteiger partial charge in [0, 0.05) is 12.1 Å². The third kappa shape index (κ3) is 3.30. The van der Waals surface area contributed by atoms with Crippen molar-refractivity contribution in [2.75, 3.05) is 0 Å². The van der Waals surface area contributed by atoms with Gasteiger partial charge in [0.2, 0.25) is 0 Å². The average molecular weight is 352 g/mol. The van der Waals surface area contributed by atoms with Crippen LogP contribution in [0.4, 0.5) is 4.39 Å². The van der Waals surface area contributed by atoms with Crippen molar-refractivity contribution >= 4 is 17.5 Å². The van der Waals surface area contributed by atoms with Crippen molar-refractivity contribution in [3.8, 4) is 11.3 Å². The van der Waals surface area contributed by atoms with E-state index in [1.54, 1.807) is 13.0 Å². The number of carbonyl (C=O) groups is 1. The van der Waals surface area contributed by atoms with Crippen molar-refractivity contribution in [2.45, 2.75) is 44.7 Å². The van der Waals surface area contributed by atoms with Crippen LogP contribution >= 0.6 is 11.6 Å². The fourth-order valence-electron chi connectivity index (χ4n) is 3.06. The molecule has 0 aliphatic heterocycles. The second kappa shape index (κ2) is 6.91. The lowest BCUT2D eigenvalue weighted by atomic mass is 9.91. The first-order chi connectivity index (χ1) is 11.5. The maximum absolute atomic E-state index is 14.2. The summed E-state index contributed by atoms with van der Waals surface area (Å²) in [5.74, 6) is -0.550. The Morgan fingerprint density at radius 1 is 1.38 bits per heavy atom. The van der Waals surface area contributed by atoms with E-state index in [2.05, 4.69) is 10.5 Å². The van der Waals surface area contributed by atoms with E-state index < -0.39 is 5.82 Å². The first-order valence-corrected chi connectivity index (χ1v) is 8.32. The van der Waals surface area contributed by atoms with E-state index in [1.807, 2.05) is 0 Å². The minimum atomic E-state index is -0.548. The molecule has 0 saturated heterocycles. The molecule has 128 valence electrons. The molecule has 1 fully saturated rings. The van der Waals surface area contributed by atoms with E-state index in [9.17, 15) is 9.18 Å². The lowest BCUT2D eigenvalue weighted by Crippen LogP contribution is -2.40. The standard InChI is InChI=1S/C17H19ClFN3O2/c1-9-14(17(23)21-11-7-5-10(20)6-8-11)16(22-24-9)15-12(18)3-2-4-13(15)19/h2-4,10-11H,5-8,20H2,1H3,(H,21,23). The number of hydrogen-bond acceptors (Lipinski definition) is 4. The van der Waals surface area contributed by atoms with Crippen LogP contribution in [0.5, 0.6) is 0 Å². The molecule has 1 aromatic heterocycles. The quantitative estimate of drug-likeness (QED) is 0.887. The molecule has 1 aromatic carbocycles. The number of nitrogens with two attached hydrogens (primary N) is 1. The highest BCUT2D eigenvalue weighted by Gasteiger charge is 2.28. The summed E-state index contributed by atoms with van der Waals surface area (Å²) in [5, 5.41) is 7.01. The van der Waals surface area contributed by atoms with Gasteiger partial charge in [-0.05, 0) is 44.7 Å². The lowest BCUT2D eigenvalue weighted by Gasteiger charge is -2.26. The second-order valence-electron chi connectivity index (χ2n) is 6.14. The van der Waals surface area contributed by atoms with Gasteiger partial charge in [-0.1, -0.05) is 22.8 Å². The number of halogens is 2. The molecule has 0 radical (unpaired) electrons. The number of rotatable bonds is 3. The number of benzene rings is 1. The van der Waals surface area contributed by atoms with Gasteiger partial charge in [-0.2, -0.15) is 0 Å². The number of aryl methyl sites for hydroxylation is 1. The number of hydrogen-bond donors (Lipinski definition) is 2. The fourth-order valence-corrected chi connectivity index (χ4v) is 3.31. The molecule has 0 unspecified atom stereocenters. The summed E-state index contributed by atoms with van der Waals surface area (Å²) in [6.45, 7) is 1.62. The van der Waals surface area contributed by atoms with Gasteiger partial charge in [-0.3, -0.25) is 4.79 Å². The van der Waals surface area contributed by atoms with Gasteiger partial charge in [0.05, 0.1) is 10.6 Å². The van der Waals surface area contributed by atoms with Crippen LogP contribution in [0.1, 0.15) is 41.8 Å². The Kier molecular flexibility index (Phi) is 4.87. The van der Waals surface area contributed by atoms with Crippen molar-refractivity contribution in [1.82, 2.24) is 10.5 Å². The average Bonchev–Trinajstić information content (AvgIpc) is 2.91. The predicted octanol–water partition coefficient (Wildman–Crippen LogP) is 3.44. The topological polar surface area (TPSA) is 81.2 Å². The zero-order valence-corrected chi connectivity index (χ0v) is 14.1. The molecule has 2 aromatic rings. The number of nitrogens with one attached hydrogen (secondary N) is 1. The number of amides is 1. The number of carbonyl (C=O) groups excluding carboxylic acids is 1. The van der Waals surface area contributed by atoms with Crippen LogP contribution in [0.25, 0.3) is 11.3 Å². The van der Waals surface area contributed by atoms with Crippen molar-refractivity contribution in [2.24, 2.45) is 5.73 Å². The molecular weight excluding hydrogens is 333 g/mol. The Bertz CT molecular complexity index is 734. The number of nitrogens with zero attached hydrogens (tertiary/aromatic N) is 1. The highest BCUT2D eigenvalue weighted by atomic mass is 35.5. The van der Waals surface area contributed by atoms with E-state index in [0.29, 0.717) is 5.76 Å². The SMILES string of the molecule is Cc1onc(-c2c(F)cccc2Cl)c1C(=O)NC1CCC(N)CC1. The van der Waals surface area contributed by atoms with E-state index in [4.69, 9.17) is 21.9 Å². The van der Waals surface area contributed by atoms with Gasteiger partial charge in [0.1, 0.15) is 22.8 Å². The molecule has 1 aliphatic carbocycles. The van der Waals surface area contributed by atoms with Crippen molar-refractivity contribution in [3.63, 3.8) is 0 Å². The largest absolute Gasteiger partial charge is 0.360 e. The molecule has 1 amide bonds. The predicted molar refractivity (Wildman–Crippen MR) is 89.3 cm³/mol. The molecule has 24 heavy (non-hydrogen) atoms. The first-order valence-electron chi connectivity index (χ1n) is 7.94. The Hall–Kier alpha value is -1.92. The highest BCUT2D eigenvalue weighted by Crippen LogP contribution is 2.33. The first kappa shape index (κ1) is 16.9. The van der Waals surface area contributed by atoms with Gasteiger partial charge in [-0.15, -0.1) is 0 Å². The van der Waals surface area contributed by atoms with Crippen molar-refractivity contribution in [1.29, 1.82) is 0 Å². The van der Waals surface area contributed by atoms with E-state index in [1.165, 1.54) is 12.1 Å². The molecule has 0 atom stereocenters. The van der Waals surface area contributed by atoms with Crippen molar-refractivity contribution in [3.05, 3.63) is 40.4 Å². The summed E-state index contributed by atoms with van der Waals surface area (Å²) >= 11 is 6.09. The molecule has 0 bridgehead atoms. The summed E-state index contributed by atoms with van der Waals surface area (Å²) in [4.78, 5) is 12.7. The molecular formula is C17H19ClFN3O2. The molecule has 3 N–H and O–H groups in total. The maximum atomic E-state index is 14.2. The Labute approximate surface area is 144 Å². The summed E-state index contributed by atoms with van der Waals surface area (Å²) in [5.41, 5.74) is 6.31. The van der Waals surface area contributed by atoms with Crippen LogP contribution in [0, 0.1) is 12.7 Å². The fraction of sp³-hybridized carbons (Fsp3) is 0.412. The summed E-state index contributed by atoms with van der Waals surface area (Å²) in [7, 11) is 0. The molecule has 1 saturated carbocycles. The van der Waals surface area contributed by atoms with Crippen LogP contribution in [0.2, 0.25) is 5.02 Å². The minimum Gasteiger partial charge on any atom is -0.360 e. The second-order valence-corrected chi connectivity index (χ2v) is 6.55. The van der Waals surface area contributed by atoms with Crippen LogP contribution < -0.4 is 11.1 Å². The maximum Gasteiger partial charge on any atom is 0.257 e. The smallest absolute Gasteiger partial charge is 0.257 e. The zero-order chi connectivity index (χ0) is 17.3. The van der Waals surface area contributed by atoms with Gasteiger partial charge < -0.3 is 15.6 Å². The van der Waals surface area contributed by atoms with Crippen LogP contribution in [0.15, 0.2) is 22.7 Å². The molecule has 7 heteroatoms. The van der Waals surface area contributed by atoms with Crippen LogP contribution in [-0.4, -0.2) is 23.1 Å². The van der Waals surface area contributed by atoms with Gasteiger partial charge in [0.15, 0.2) is 0 Å². The van der Waals surface area contributed by atoms with Gasteiger partial charge in [0.25, 0.3) is 5.91 Å². The van der Waals surface area contributed by atoms with Gasteiger partial charge in [-0.25, -0.2) is 4.39 Å². The highest BCUT2D eigenvalue weighted by molar-refractivity contribution is 6.33. The van der Waals surface area contributed by atoms with E-state index in [-0.39, 0.29) is 39.8 Å². The van der Waals surface area contributed by atoms with Crippen molar-refractivity contribution < 1.29 is 13.7 Å². The Morgan fingerprint density at radius 2 is 2.08 bits per heavy atom. The normalized spacial score (nSPS) is 20.8. The van der Waals surface area contributed by atoms with E-state index in [0.717, 1.165) is 25.7 Å². The zero-order valence-electron chi connectivity index (χ0n) is 13.3. The molecule has 1 heterocycles. The van der Waals surface area contributed by atoms with Crippen LogP contribution in [0.3, 0.4) is 0 Å². The summed E-state index contributed by atoms with van der Waals surface area (Å²) in [6.07, 6.45) is 3.40. The third-order valence-electron chi connectivity index (χ3n) is 4.40.